The van der Waals surface area contributed by atoms with Gasteiger partial charge < -0.3 is 49.5 Å². The molecule has 8 N–H and O–H groups in total. The minimum atomic E-state index is -4.70. The first kappa shape index (κ1) is 41.9. The van der Waals surface area contributed by atoms with Gasteiger partial charge in [0.25, 0.3) is 0 Å². The van der Waals surface area contributed by atoms with E-state index in [9.17, 15) is 53.9 Å². The molecular weight excluding hydrogens is 670 g/mol. The highest BCUT2D eigenvalue weighted by Crippen LogP contribution is 2.40. The molecule has 2 aromatic carbocycles. The maximum atomic E-state index is 12.4. The number of hydrogen-bond donors (Lipinski definition) is 8. The lowest BCUT2D eigenvalue weighted by atomic mass is 10.0. The fourth-order valence-corrected chi connectivity index (χ4v) is 6.89. The number of aliphatic hydroxyl groups excluding tert-OH is 2. The van der Waals surface area contributed by atoms with Crippen LogP contribution < -0.4 is 0 Å². The summed E-state index contributed by atoms with van der Waals surface area (Å²) in [7, 11) is -7.81. The van der Waals surface area contributed by atoms with Gasteiger partial charge in [0.15, 0.2) is 0 Å². The van der Waals surface area contributed by atoms with Gasteiger partial charge in [-0.3, -0.25) is 23.7 Å². The maximum Gasteiger partial charge on any atom is 0.339 e. The molecule has 0 fully saturated rings. The van der Waals surface area contributed by atoms with Crippen molar-refractivity contribution in [2.45, 2.75) is 70.9 Å². The number of ketones is 1. The lowest BCUT2D eigenvalue weighted by Crippen LogP contribution is -2.44. The summed E-state index contributed by atoms with van der Waals surface area (Å²) in [5.41, 5.74) is 1.01. The van der Waals surface area contributed by atoms with Gasteiger partial charge in [-0.05, 0) is 12.8 Å². The number of para-hydroxylation sites is 2. The number of carbonyl (C=O) groups excluding carboxylic acids is 1. The highest BCUT2D eigenvalue weighted by atomic mass is 31.2. The van der Waals surface area contributed by atoms with Crippen LogP contribution in [0.2, 0.25) is 0 Å². The number of benzene rings is 2. The lowest BCUT2D eigenvalue weighted by Gasteiger charge is -2.36. The van der Waals surface area contributed by atoms with Gasteiger partial charge in [0, 0.05) is 67.9 Å². The molecule has 17 heteroatoms. The standard InChI is InChI=1S/C31H50N2O13P2/c1-45-15-16-46-14-13-29(36)12-4-2-3-11-28(33(23-48(42,43)44)18-25-8-6-10-27(21-35)31(25)38)19-32(22-47(39,40)41)17-24-7-5-9-26(20-34)30(24)37/h5-10,28,34-35,37-38H,2-4,11-23H2,1H3,(H2,39,40,41)(H2,42,43,44). The van der Waals surface area contributed by atoms with Crippen molar-refractivity contribution in [3.63, 3.8) is 0 Å². The quantitative estimate of drug-likeness (QED) is 0.0544. The third-order valence-electron chi connectivity index (χ3n) is 7.70. The van der Waals surface area contributed by atoms with Crippen LogP contribution in [-0.2, 0) is 49.7 Å². The Morgan fingerprint density at radius 3 is 1.85 bits per heavy atom. The van der Waals surface area contributed by atoms with Crippen LogP contribution in [0.5, 0.6) is 11.5 Å². The third-order valence-corrected chi connectivity index (χ3v) is 9.20. The molecule has 1 unspecified atom stereocenters. The second-order valence-electron chi connectivity index (χ2n) is 11.7. The molecule has 0 spiro atoms. The first-order chi connectivity index (χ1) is 22.7. The van der Waals surface area contributed by atoms with Crippen molar-refractivity contribution < 1.29 is 63.4 Å². The second kappa shape index (κ2) is 21.1. The topological polar surface area (TPSA) is 238 Å². The third kappa shape index (κ3) is 16.0. The van der Waals surface area contributed by atoms with Crippen molar-refractivity contribution in [3.8, 4) is 11.5 Å². The Labute approximate surface area is 281 Å². The summed E-state index contributed by atoms with van der Waals surface area (Å²) in [6.07, 6.45) is 1.04. The molecule has 0 saturated carbocycles. The summed E-state index contributed by atoms with van der Waals surface area (Å²) >= 11 is 0. The molecule has 15 nitrogen and oxygen atoms in total. The van der Waals surface area contributed by atoms with E-state index in [1.807, 2.05) is 0 Å². The molecule has 0 heterocycles. The van der Waals surface area contributed by atoms with Crippen LogP contribution in [0.15, 0.2) is 36.4 Å². The first-order valence-corrected chi connectivity index (χ1v) is 19.2. The number of methoxy groups -OCH3 is 1. The zero-order chi connectivity index (χ0) is 35.7. The fourth-order valence-electron chi connectivity index (χ4n) is 5.34. The average molecular weight is 721 g/mol. The number of aromatic hydroxyl groups is 2. The molecule has 2 rings (SSSR count). The van der Waals surface area contributed by atoms with Gasteiger partial charge in [0.1, 0.15) is 29.9 Å². The summed E-state index contributed by atoms with van der Waals surface area (Å²) in [5, 5.41) is 40.6. The number of nitrogens with zero attached hydrogens (tertiary/aromatic N) is 2. The van der Waals surface area contributed by atoms with Gasteiger partial charge >= 0.3 is 15.2 Å². The van der Waals surface area contributed by atoms with Crippen molar-refractivity contribution >= 4 is 21.0 Å². The van der Waals surface area contributed by atoms with Crippen LogP contribution in [-0.4, -0.2) is 108 Å². The SMILES string of the molecule is COCCOCCC(=O)CCCCCC(CN(Cc1cccc(CO)c1O)CP(=O)(O)O)N(Cc1cccc(CO)c1O)CP(=O)(O)O. The van der Waals surface area contributed by atoms with E-state index in [1.165, 1.54) is 21.9 Å². The Kier molecular flexibility index (Phi) is 18.4. The van der Waals surface area contributed by atoms with Gasteiger partial charge in [0.2, 0.25) is 0 Å². The van der Waals surface area contributed by atoms with Crippen molar-refractivity contribution in [1.82, 2.24) is 9.80 Å². The molecule has 0 bridgehead atoms. The molecule has 0 aliphatic carbocycles. The molecule has 48 heavy (non-hydrogen) atoms. The average Bonchev–Trinajstić information content (AvgIpc) is 3.00. The van der Waals surface area contributed by atoms with Crippen LogP contribution in [0.25, 0.3) is 0 Å². The molecule has 272 valence electrons. The Morgan fingerprint density at radius 2 is 1.31 bits per heavy atom. The monoisotopic (exact) mass is 720 g/mol. The van der Waals surface area contributed by atoms with Crippen molar-refractivity contribution in [2.24, 2.45) is 0 Å². The molecule has 1 atom stereocenters. The number of rotatable bonds is 25. The number of carbonyl (C=O) groups is 1. The number of phenols is 2. The fraction of sp³-hybridized carbons (Fsp3) is 0.581. The van der Waals surface area contributed by atoms with E-state index in [2.05, 4.69) is 0 Å². The maximum absolute atomic E-state index is 12.4. The number of unbranched alkanes of at least 4 members (excludes halogenated alkanes) is 2. The molecule has 0 radical (unpaired) electrons. The highest BCUT2D eigenvalue weighted by Gasteiger charge is 2.31. The smallest absolute Gasteiger partial charge is 0.339 e. The minimum Gasteiger partial charge on any atom is -0.507 e. The Hall–Kier alpha value is -2.23. The molecule has 0 aliphatic rings. The van der Waals surface area contributed by atoms with Crippen molar-refractivity contribution in [2.75, 3.05) is 46.0 Å². The van der Waals surface area contributed by atoms with E-state index < -0.39 is 47.0 Å². The largest absolute Gasteiger partial charge is 0.507 e. The van der Waals surface area contributed by atoms with Gasteiger partial charge in [-0.2, -0.15) is 0 Å². The van der Waals surface area contributed by atoms with E-state index in [0.717, 1.165) is 0 Å². The predicted molar refractivity (Wildman–Crippen MR) is 177 cm³/mol. The van der Waals surface area contributed by atoms with Crippen LogP contribution in [0.1, 0.15) is 60.8 Å². The summed E-state index contributed by atoms with van der Waals surface area (Å²) < 4.78 is 34.8. The van der Waals surface area contributed by atoms with Crippen molar-refractivity contribution in [3.05, 3.63) is 58.7 Å². The highest BCUT2D eigenvalue weighted by molar-refractivity contribution is 7.51. The molecule has 0 saturated heterocycles. The zero-order valence-electron chi connectivity index (χ0n) is 27.3. The van der Waals surface area contributed by atoms with Gasteiger partial charge in [-0.1, -0.05) is 49.2 Å². The lowest BCUT2D eigenvalue weighted by molar-refractivity contribution is -0.120. The number of Topliss-reactive ketones (excluding diaryl/α,β-unsaturated/α-hetero) is 1. The van der Waals surface area contributed by atoms with Crippen LogP contribution in [0.4, 0.5) is 0 Å². The number of hydrogen-bond acceptors (Lipinski definition) is 11. The van der Waals surface area contributed by atoms with Crippen LogP contribution >= 0.6 is 15.2 Å². The van der Waals surface area contributed by atoms with Crippen molar-refractivity contribution in [1.29, 1.82) is 0 Å². The van der Waals surface area contributed by atoms with E-state index in [1.54, 1.807) is 31.4 Å². The first-order valence-electron chi connectivity index (χ1n) is 15.6. The molecule has 0 amide bonds. The Morgan fingerprint density at radius 1 is 0.750 bits per heavy atom. The summed E-state index contributed by atoms with van der Waals surface area (Å²) in [5.74, 6) is -0.445. The van der Waals surface area contributed by atoms with Crippen LogP contribution in [0.3, 0.4) is 0 Å². The number of ether oxygens (including phenoxy) is 2. The van der Waals surface area contributed by atoms with Gasteiger partial charge in [-0.15, -0.1) is 0 Å². The van der Waals surface area contributed by atoms with E-state index >= 15 is 0 Å². The van der Waals surface area contributed by atoms with Gasteiger partial charge in [-0.25, -0.2) is 0 Å². The Bertz CT molecular complexity index is 1370. The van der Waals surface area contributed by atoms with E-state index in [0.29, 0.717) is 45.3 Å². The number of aliphatic hydroxyl groups is 2. The molecule has 0 aromatic heterocycles. The van der Waals surface area contributed by atoms with Crippen LogP contribution in [0, 0.1) is 0 Å². The molecular formula is C31H50N2O13P2. The summed E-state index contributed by atoms with van der Waals surface area (Å²) in [6, 6.07) is 8.54. The predicted octanol–water partition coefficient (Wildman–Crippen LogP) is 2.60. The Balaban J connectivity index is 2.33. The van der Waals surface area contributed by atoms with E-state index in [-0.39, 0.29) is 72.2 Å². The second-order valence-corrected chi connectivity index (χ2v) is 14.9. The normalized spacial score (nSPS) is 13.0. The molecule has 2 aromatic rings. The van der Waals surface area contributed by atoms with E-state index in [4.69, 9.17) is 9.47 Å². The summed E-state index contributed by atoms with van der Waals surface area (Å²) in [6.45, 7) is -0.233. The molecule has 0 aliphatic heterocycles. The minimum absolute atomic E-state index is 0.0315. The zero-order valence-corrected chi connectivity index (χ0v) is 29.1. The van der Waals surface area contributed by atoms with Gasteiger partial charge in [0.05, 0.1) is 33.0 Å². The summed E-state index contributed by atoms with van der Waals surface area (Å²) in [4.78, 5) is 55.1.